The highest BCUT2D eigenvalue weighted by Gasteiger charge is 2.36. The summed E-state index contributed by atoms with van der Waals surface area (Å²) in [6.45, 7) is 2.75. The van der Waals surface area contributed by atoms with Crippen LogP contribution in [-0.2, 0) is 13.0 Å². The number of fused-ring (bicyclic) bond motifs is 6. The van der Waals surface area contributed by atoms with Gasteiger partial charge in [0, 0.05) is 47.5 Å². The summed E-state index contributed by atoms with van der Waals surface area (Å²) in [5, 5.41) is 15.9. The summed E-state index contributed by atoms with van der Waals surface area (Å²) in [6.07, 6.45) is 6.50. The Balaban J connectivity index is 1.64. The third-order valence-electron chi connectivity index (χ3n) is 5.85. The average molecular weight is 333 g/mol. The SMILES string of the molecule is Cc1ccc2c(c1)c1c(n2CC(O)c2ccncc2)CC2CCC1N2. The molecule has 128 valence electrons. The molecule has 3 unspecified atom stereocenters. The van der Waals surface area contributed by atoms with E-state index in [1.54, 1.807) is 12.4 Å². The Morgan fingerprint density at radius 2 is 2.08 bits per heavy atom. The molecule has 0 radical (unpaired) electrons. The summed E-state index contributed by atoms with van der Waals surface area (Å²) >= 11 is 0. The molecule has 0 spiro atoms. The van der Waals surface area contributed by atoms with Gasteiger partial charge in [-0.15, -0.1) is 0 Å². The normalized spacial score (nSPS) is 23.0. The molecule has 1 saturated heterocycles. The van der Waals surface area contributed by atoms with Gasteiger partial charge < -0.3 is 15.0 Å². The minimum atomic E-state index is -0.517. The zero-order chi connectivity index (χ0) is 17.0. The quantitative estimate of drug-likeness (QED) is 0.772. The van der Waals surface area contributed by atoms with Crippen LogP contribution in [0.3, 0.4) is 0 Å². The van der Waals surface area contributed by atoms with E-state index >= 15 is 0 Å². The second kappa shape index (κ2) is 5.68. The van der Waals surface area contributed by atoms with Crippen molar-refractivity contribution < 1.29 is 5.11 Å². The van der Waals surface area contributed by atoms with Crippen LogP contribution in [0.15, 0.2) is 42.7 Å². The molecular weight excluding hydrogens is 310 g/mol. The molecule has 3 atom stereocenters. The van der Waals surface area contributed by atoms with Gasteiger partial charge in [-0.25, -0.2) is 0 Å². The molecule has 0 aliphatic carbocycles. The van der Waals surface area contributed by atoms with Gasteiger partial charge in [-0.3, -0.25) is 4.98 Å². The van der Waals surface area contributed by atoms with Crippen LogP contribution in [0, 0.1) is 6.92 Å². The number of pyridine rings is 1. The van der Waals surface area contributed by atoms with Crippen LogP contribution in [0.25, 0.3) is 10.9 Å². The zero-order valence-electron chi connectivity index (χ0n) is 14.4. The number of benzene rings is 1. The molecule has 4 heteroatoms. The van der Waals surface area contributed by atoms with Crippen LogP contribution in [0.4, 0.5) is 0 Å². The Morgan fingerprint density at radius 3 is 2.92 bits per heavy atom. The van der Waals surface area contributed by atoms with E-state index < -0.39 is 6.10 Å². The maximum absolute atomic E-state index is 10.8. The second-order valence-electron chi connectivity index (χ2n) is 7.49. The molecule has 3 aromatic rings. The molecule has 0 amide bonds. The molecule has 2 aliphatic heterocycles. The number of nitrogens with one attached hydrogen (secondary N) is 1. The van der Waals surface area contributed by atoms with Gasteiger partial charge in [0.05, 0.1) is 12.6 Å². The molecule has 2 aliphatic rings. The minimum absolute atomic E-state index is 0.470. The summed E-state index contributed by atoms with van der Waals surface area (Å²) in [6, 6.07) is 11.6. The maximum Gasteiger partial charge on any atom is 0.0970 e. The first-order valence-electron chi connectivity index (χ1n) is 9.16. The first-order chi connectivity index (χ1) is 12.2. The monoisotopic (exact) mass is 333 g/mol. The molecule has 2 aromatic heterocycles. The molecular formula is C21H23N3O. The summed E-state index contributed by atoms with van der Waals surface area (Å²) in [7, 11) is 0. The van der Waals surface area contributed by atoms with Crippen molar-refractivity contribution >= 4 is 10.9 Å². The molecule has 4 heterocycles. The van der Waals surface area contributed by atoms with Crippen molar-refractivity contribution in [3.63, 3.8) is 0 Å². The van der Waals surface area contributed by atoms with E-state index in [-0.39, 0.29) is 0 Å². The summed E-state index contributed by atoms with van der Waals surface area (Å²) < 4.78 is 2.36. The van der Waals surface area contributed by atoms with Crippen molar-refractivity contribution in [2.75, 3.05) is 0 Å². The van der Waals surface area contributed by atoms with E-state index in [1.165, 1.54) is 40.6 Å². The molecule has 2 N–H and O–H groups in total. The Kier molecular flexibility index (Phi) is 3.43. The first kappa shape index (κ1) is 15.1. The second-order valence-corrected chi connectivity index (χ2v) is 7.49. The lowest BCUT2D eigenvalue weighted by molar-refractivity contribution is 0.156. The predicted molar refractivity (Wildman–Crippen MR) is 98.5 cm³/mol. The molecule has 25 heavy (non-hydrogen) atoms. The maximum atomic E-state index is 10.8. The summed E-state index contributed by atoms with van der Waals surface area (Å²) in [4.78, 5) is 4.06. The van der Waals surface area contributed by atoms with Crippen LogP contribution < -0.4 is 5.32 Å². The fourth-order valence-electron chi connectivity index (χ4n) is 4.67. The lowest BCUT2D eigenvalue weighted by Gasteiger charge is -2.25. The third-order valence-corrected chi connectivity index (χ3v) is 5.85. The molecule has 4 nitrogen and oxygen atoms in total. The Morgan fingerprint density at radius 1 is 1.24 bits per heavy atom. The summed E-state index contributed by atoms with van der Waals surface area (Å²) in [5.41, 5.74) is 6.35. The van der Waals surface area contributed by atoms with E-state index in [0.29, 0.717) is 18.6 Å². The number of aromatic nitrogens is 2. The van der Waals surface area contributed by atoms with Crippen molar-refractivity contribution in [2.24, 2.45) is 0 Å². The number of hydrogen-bond donors (Lipinski definition) is 2. The topological polar surface area (TPSA) is 50.1 Å². The molecule has 0 saturated carbocycles. The fraction of sp³-hybridized carbons (Fsp3) is 0.381. The van der Waals surface area contributed by atoms with Gasteiger partial charge in [0.2, 0.25) is 0 Å². The van der Waals surface area contributed by atoms with E-state index in [4.69, 9.17) is 0 Å². The van der Waals surface area contributed by atoms with Gasteiger partial charge in [0.25, 0.3) is 0 Å². The lowest BCUT2D eigenvalue weighted by Crippen LogP contribution is -2.32. The highest BCUT2D eigenvalue weighted by molar-refractivity contribution is 5.87. The standard InChI is InChI=1S/C21H23N3O/c1-13-2-5-18-16(10-13)21-17-4-3-15(23-17)11-19(21)24(18)12-20(25)14-6-8-22-9-7-14/h2,5-10,15,17,20,23,25H,3-4,11-12H2,1H3. The van der Waals surface area contributed by atoms with E-state index in [9.17, 15) is 5.11 Å². The number of hydrogen-bond acceptors (Lipinski definition) is 3. The number of nitrogens with zero attached hydrogens (tertiary/aromatic N) is 2. The van der Waals surface area contributed by atoms with E-state index in [1.807, 2.05) is 12.1 Å². The minimum Gasteiger partial charge on any atom is -0.387 e. The Hall–Kier alpha value is -2.17. The molecule has 2 bridgehead atoms. The van der Waals surface area contributed by atoms with E-state index in [0.717, 1.165) is 12.0 Å². The largest absolute Gasteiger partial charge is 0.387 e. The van der Waals surface area contributed by atoms with E-state index in [2.05, 4.69) is 40.0 Å². The van der Waals surface area contributed by atoms with Gasteiger partial charge >= 0.3 is 0 Å². The Labute approximate surface area is 147 Å². The Bertz CT molecular complexity index is 931. The van der Waals surface area contributed by atoms with Gasteiger partial charge in [0.1, 0.15) is 0 Å². The van der Waals surface area contributed by atoms with Gasteiger partial charge in [0.15, 0.2) is 0 Å². The average Bonchev–Trinajstić information content (AvgIpc) is 3.15. The summed E-state index contributed by atoms with van der Waals surface area (Å²) in [5.74, 6) is 0. The van der Waals surface area contributed by atoms with Crippen LogP contribution in [0.5, 0.6) is 0 Å². The predicted octanol–water partition coefficient (Wildman–Crippen LogP) is 3.43. The number of rotatable bonds is 3. The molecule has 5 rings (SSSR count). The van der Waals surface area contributed by atoms with Crippen LogP contribution in [-0.4, -0.2) is 20.7 Å². The van der Waals surface area contributed by atoms with Crippen LogP contribution >= 0.6 is 0 Å². The highest BCUT2D eigenvalue weighted by Crippen LogP contribution is 2.42. The van der Waals surface area contributed by atoms with Crippen molar-refractivity contribution in [3.8, 4) is 0 Å². The van der Waals surface area contributed by atoms with Crippen LogP contribution in [0.1, 0.15) is 47.4 Å². The number of aryl methyl sites for hydroxylation is 1. The van der Waals surface area contributed by atoms with Gasteiger partial charge in [-0.2, -0.15) is 0 Å². The number of aliphatic hydroxyl groups excluding tert-OH is 1. The smallest absolute Gasteiger partial charge is 0.0970 e. The fourth-order valence-corrected chi connectivity index (χ4v) is 4.67. The van der Waals surface area contributed by atoms with Gasteiger partial charge in [-0.05, 0) is 55.2 Å². The first-order valence-corrected chi connectivity index (χ1v) is 9.16. The number of aliphatic hydroxyl groups is 1. The van der Waals surface area contributed by atoms with Crippen molar-refractivity contribution in [2.45, 2.75) is 50.9 Å². The molecule has 1 fully saturated rings. The van der Waals surface area contributed by atoms with Crippen LogP contribution in [0.2, 0.25) is 0 Å². The van der Waals surface area contributed by atoms with Gasteiger partial charge in [-0.1, -0.05) is 11.6 Å². The zero-order valence-corrected chi connectivity index (χ0v) is 14.4. The van der Waals surface area contributed by atoms with Crippen molar-refractivity contribution in [1.82, 2.24) is 14.9 Å². The lowest BCUT2D eigenvalue weighted by atomic mass is 9.98. The molecule has 1 aromatic carbocycles. The highest BCUT2D eigenvalue weighted by atomic mass is 16.3. The van der Waals surface area contributed by atoms with Crippen molar-refractivity contribution in [1.29, 1.82) is 0 Å². The van der Waals surface area contributed by atoms with Crippen molar-refractivity contribution in [3.05, 3.63) is 65.1 Å². The third kappa shape index (κ3) is 2.40.